The molecule has 0 atom stereocenters. The van der Waals surface area contributed by atoms with Gasteiger partial charge in [-0.2, -0.15) is 0 Å². The fraction of sp³-hybridized carbons (Fsp3) is 0.300. The van der Waals surface area contributed by atoms with E-state index in [-0.39, 0.29) is 17.7 Å². The fourth-order valence-electron chi connectivity index (χ4n) is 3.24. The minimum absolute atomic E-state index is 0.188. The van der Waals surface area contributed by atoms with Crippen LogP contribution < -0.4 is 10.0 Å². The first-order chi connectivity index (χ1) is 13.7. The van der Waals surface area contributed by atoms with Crippen molar-refractivity contribution in [3.05, 3.63) is 59.9 Å². The van der Waals surface area contributed by atoms with E-state index in [1.807, 2.05) is 0 Å². The summed E-state index contributed by atoms with van der Waals surface area (Å²) in [5, 5.41) is 2.77. The Balaban J connectivity index is 1.59. The van der Waals surface area contributed by atoms with Gasteiger partial charge in [0.1, 0.15) is 5.82 Å². The van der Waals surface area contributed by atoms with Gasteiger partial charge in [0.05, 0.1) is 17.6 Å². The molecule has 0 radical (unpaired) electrons. The molecule has 1 saturated heterocycles. The number of benzene rings is 2. The molecule has 0 aliphatic carbocycles. The van der Waals surface area contributed by atoms with E-state index in [1.54, 1.807) is 29.2 Å². The minimum atomic E-state index is -3.48. The van der Waals surface area contributed by atoms with Crippen molar-refractivity contribution in [3.63, 3.8) is 0 Å². The molecule has 3 rings (SSSR count). The molecule has 0 spiro atoms. The Morgan fingerprint density at radius 3 is 2.17 bits per heavy atom. The SMILES string of the molecule is CS(=O)(=O)Nc1ccccc1NC(=O)C1CCN(C(=O)c2ccc(F)cc2)CC1. The highest BCUT2D eigenvalue weighted by molar-refractivity contribution is 7.92. The number of carbonyl (C=O) groups is 2. The lowest BCUT2D eigenvalue weighted by atomic mass is 9.95. The number of amides is 2. The van der Waals surface area contributed by atoms with Crippen LogP contribution in [0.5, 0.6) is 0 Å². The van der Waals surface area contributed by atoms with Gasteiger partial charge < -0.3 is 10.2 Å². The number of likely N-dealkylation sites (tertiary alicyclic amines) is 1. The van der Waals surface area contributed by atoms with Crippen molar-refractivity contribution in [1.29, 1.82) is 0 Å². The molecule has 1 aliphatic rings. The van der Waals surface area contributed by atoms with Crippen LogP contribution in [0.3, 0.4) is 0 Å². The van der Waals surface area contributed by atoms with E-state index >= 15 is 0 Å². The third-order valence-electron chi connectivity index (χ3n) is 4.72. The Bertz CT molecular complexity index is 1000. The zero-order valence-corrected chi connectivity index (χ0v) is 16.7. The zero-order valence-electron chi connectivity index (χ0n) is 15.9. The molecule has 0 unspecified atom stereocenters. The number of rotatable bonds is 5. The molecule has 2 aromatic carbocycles. The predicted molar refractivity (Wildman–Crippen MR) is 109 cm³/mol. The maximum atomic E-state index is 13.0. The molecule has 154 valence electrons. The summed E-state index contributed by atoms with van der Waals surface area (Å²) in [5.41, 5.74) is 1.09. The molecule has 9 heteroatoms. The Kier molecular flexibility index (Phi) is 6.17. The topological polar surface area (TPSA) is 95.6 Å². The van der Waals surface area contributed by atoms with Crippen molar-refractivity contribution in [1.82, 2.24) is 4.90 Å². The van der Waals surface area contributed by atoms with E-state index in [0.29, 0.717) is 42.9 Å². The molecule has 2 aromatic rings. The van der Waals surface area contributed by atoms with E-state index in [0.717, 1.165) is 6.26 Å². The number of nitrogens with one attached hydrogen (secondary N) is 2. The maximum Gasteiger partial charge on any atom is 0.253 e. The monoisotopic (exact) mass is 419 g/mol. The van der Waals surface area contributed by atoms with Gasteiger partial charge in [0.15, 0.2) is 0 Å². The second kappa shape index (κ2) is 8.60. The van der Waals surface area contributed by atoms with Gasteiger partial charge in [-0.1, -0.05) is 12.1 Å². The average Bonchev–Trinajstić information content (AvgIpc) is 2.68. The second-order valence-electron chi connectivity index (χ2n) is 6.98. The Hall–Kier alpha value is -2.94. The first kappa shape index (κ1) is 20.8. The minimum Gasteiger partial charge on any atom is -0.339 e. The quantitative estimate of drug-likeness (QED) is 0.779. The Labute approximate surface area is 169 Å². The lowest BCUT2D eigenvalue weighted by Gasteiger charge is -2.31. The molecule has 2 N–H and O–H groups in total. The maximum absolute atomic E-state index is 13.0. The molecule has 1 aliphatic heterocycles. The van der Waals surface area contributed by atoms with Gasteiger partial charge in [-0.25, -0.2) is 12.8 Å². The lowest BCUT2D eigenvalue weighted by molar-refractivity contribution is -0.121. The van der Waals surface area contributed by atoms with Crippen LogP contribution in [0.2, 0.25) is 0 Å². The Morgan fingerprint density at radius 2 is 1.59 bits per heavy atom. The van der Waals surface area contributed by atoms with Crippen molar-refractivity contribution in [2.24, 2.45) is 5.92 Å². The summed E-state index contributed by atoms with van der Waals surface area (Å²) in [6.07, 6.45) is 2.01. The van der Waals surface area contributed by atoms with Gasteiger partial charge in [0.25, 0.3) is 5.91 Å². The van der Waals surface area contributed by atoms with Gasteiger partial charge in [-0.3, -0.25) is 14.3 Å². The summed E-state index contributed by atoms with van der Waals surface area (Å²) >= 11 is 0. The van der Waals surface area contributed by atoms with Crippen LogP contribution in [0.25, 0.3) is 0 Å². The summed E-state index contributed by atoms with van der Waals surface area (Å²) in [4.78, 5) is 26.8. The van der Waals surface area contributed by atoms with Crippen molar-refractivity contribution >= 4 is 33.2 Å². The van der Waals surface area contributed by atoms with Crippen LogP contribution in [-0.4, -0.2) is 44.5 Å². The smallest absolute Gasteiger partial charge is 0.253 e. The number of para-hydroxylation sites is 2. The summed E-state index contributed by atoms with van der Waals surface area (Å²) in [7, 11) is -3.48. The largest absolute Gasteiger partial charge is 0.339 e. The number of halogens is 1. The summed E-state index contributed by atoms with van der Waals surface area (Å²) in [6.45, 7) is 0.828. The molecule has 1 heterocycles. The molecular weight excluding hydrogens is 397 g/mol. The highest BCUT2D eigenvalue weighted by Gasteiger charge is 2.28. The van der Waals surface area contributed by atoms with Gasteiger partial charge in [-0.15, -0.1) is 0 Å². The van der Waals surface area contributed by atoms with Gasteiger partial charge in [0.2, 0.25) is 15.9 Å². The first-order valence-corrected chi connectivity index (χ1v) is 11.0. The third-order valence-corrected chi connectivity index (χ3v) is 5.32. The first-order valence-electron chi connectivity index (χ1n) is 9.15. The highest BCUT2D eigenvalue weighted by atomic mass is 32.2. The predicted octanol–water partition coefficient (Wildman–Crippen LogP) is 2.69. The molecule has 29 heavy (non-hydrogen) atoms. The molecule has 2 amide bonds. The fourth-order valence-corrected chi connectivity index (χ4v) is 3.81. The molecular formula is C20H22FN3O4S. The molecule has 0 bridgehead atoms. The van der Waals surface area contributed by atoms with Crippen molar-refractivity contribution in [2.45, 2.75) is 12.8 Å². The van der Waals surface area contributed by atoms with E-state index in [2.05, 4.69) is 10.0 Å². The zero-order chi connectivity index (χ0) is 21.0. The van der Waals surface area contributed by atoms with E-state index < -0.39 is 15.8 Å². The average molecular weight is 419 g/mol. The van der Waals surface area contributed by atoms with Crippen molar-refractivity contribution < 1.29 is 22.4 Å². The van der Waals surface area contributed by atoms with Crippen LogP contribution in [0.1, 0.15) is 23.2 Å². The van der Waals surface area contributed by atoms with Gasteiger partial charge in [0, 0.05) is 24.6 Å². The highest BCUT2D eigenvalue weighted by Crippen LogP contribution is 2.25. The number of hydrogen-bond donors (Lipinski definition) is 2. The summed E-state index contributed by atoms with van der Waals surface area (Å²) in [6, 6.07) is 11.9. The van der Waals surface area contributed by atoms with Crippen molar-refractivity contribution in [3.8, 4) is 0 Å². The molecule has 0 saturated carbocycles. The van der Waals surface area contributed by atoms with Crippen molar-refractivity contribution in [2.75, 3.05) is 29.4 Å². The van der Waals surface area contributed by atoms with Crippen LogP contribution >= 0.6 is 0 Å². The van der Waals surface area contributed by atoms with Gasteiger partial charge >= 0.3 is 0 Å². The molecule has 7 nitrogen and oxygen atoms in total. The van der Waals surface area contributed by atoms with E-state index in [1.165, 1.54) is 24.3 Å². The van der Waals surface area contributed by atoms with E-state index in [4.69, 9.17) is 0 Å². The number of carbonyl (C=O) groups excluding carboxylic acids is 2. The van der Waals surface area contributed by atoms with Crippen LogP contribution in [0, 0.1) is 11.7 Å². The summed E-state index contributed by atoms with van der Waals surface area (Å²) in [5.74, 6) is -1.10. The molecule has 0 aromatic heterocycles. The number of nitrogens with zero attached hydrogens (tertiary/aromatic N) is 1. The number of hydrogen-bond acceptors (Lipinski definition) is 4. The second-order valence-corrected chi connectivity index (χ2v) is 8.73. The normalized spacial score (nSPS) is 15.0. The third kappa shape index (κ3) is 5.54. The van der Waals surface area contributed by atoms with Crippen LogP contribution in [-0.2, 0) is 14.8 Å². The van der Waals surface area contributed by atoms with E-state index in [9.17, 15) is 22.4 Å². The lowest BCUT2D eigenvalue weighted by Crippen LogP contribution is -2.41. The van der Waals surface area contributed by atoms with Crippen LogP contribution in [0.4, 0.5) is 15.8 Å². The Morgan fingerprint density at radius 1 is 1.00 bits per heavy atom. The van der Waals surface area contributed by atoms with Gasteiger partial charge in [-0.05, 0) is 49.2 Å². The standard InChI is InChI=1S/C20H22FN3O4S/c1-29(27,28)23-18-5-3-2-4-17(18)22-19(25)14-10-12-24(13-11-14)20(26)15-6-8-16(21)9-7-15/h2-9,14,23H,10-13H2,1H3,(H,22,25). The van der Waals surface area contributed by atoms with Crippen LogP contribution in [0.15, 0.2) is 48.5 Å². The summed E-state index contributed by atoms with van der Waals surface area (Å²) < 4.78 is 38.4. The number of anilines is 2. The number of piperidine rings is 1. The number of sulfonamides is 1. The molecule has 1 fully saturated rings.